The van der Waals surface area contributed by atoms with Gasteiger partial charge in [-0.25, -0.2) is 0 Å². The van der Waals surface area contributed by atoms with E-state index >= 15 is 0 Å². The van der Waals surface area contributed by atoms with Crippen molar-refractivity contribution in [2.75, 3.05) is 0 Å². The summed E-state index contributed by atoms with van der Waals surface area (Å²) in [4.78, 5) is 0. The van der Waals surface area contributed by atoms with Crippen LogP contribution < -0.4 is 0 Å². The quantitative estimate of drug-likeness (QED) is 0.609. The van der Waals surface area contributed by atoms with E-state index in [-0.39, 0.29) is 5.16 Å². The van der Waals surface area contributed by atoms with Gasteiger partial charge in [-0.1, -0.05) is 56.3 Å². The standard InChI is InChI=1S/C11H15P/c1-11(2,12)9-8-10-6-4-3-5-7-10/h3-9H,12H2,1-2H3/b9-8+. The fraction of sp³-hybridized carbons (Fsp3) is 0.273. The number of benzene rings is 1. The van der Waals surface area contributed by atoms with Crippen LogP contribution in [0.4, 0.5) is 0 Å². The van der Waals surface area contributed by atoms with E-state index in [9.17, 15) is 0 Å². The molecule has 1 aromatic carbocycles. The van der Waals surface area contributed by atoms with Gasteiger partial charge >= 0.3 is 0 Å². The second-order valence-corrected chi connectivity index (χ2v) is 5.05. The average Bonchev–Trinajstić information content (AvgIpc) is 2.02. The Bertz CT molecular complexity index is 254. The van der Waals surface area contributed by atoms with Gasteiger partial charge in [0.05, 0.1) is 0 Å². The van der Waals surface area contributed by atoms with E-state index in [0.29, 0.717) is 0 Å². The maximum atomic E-state index is 2.80. The van der Waals surface area contributed by atoms with Crippen molar-refractivity contribution >= 4 is 15.3 Å². The minimum Gasteiger partial charge on any atom is -0.128 e. The summed E-state index contributed by atoms with van der Waals surface area (Å²) in [5.74, 6) is 0. The molecule has 1 heteroatoms. The van der Waals surface area contributed by atoms with Crippen LogP contribution in [0, 0.1) is 0 Å². The molecule has 12 heavy (non-hydrogen) atoms. The van der Waals surface area contributed by atoms with Crippen molar-refractivity contribution in [3.8, 4) is 0 Å². The molecule has 0 aliphatic carbocycles. The Morgan fingerprint density at radius 1 is 1.17 bits per heavy atom. The first-order chi connectivity index (χ1) is 5.58. The predicted octanol–water partition coefficient (Wildman–Crippen LogP) is 3.35. The van der Waals surface area contributed by atoms with Gasteiger partial charge in [-0.2, -0.15) is 0 Å². The molecule has 1 atom stereocenters. The van der Waals surface area contributed by atoms with Gasteiger partial charge in [-0.15, -0.1) is 9.24 Å². The monoisotopic (exact) mass is 178 g/mol. The molecule has 0 fully saturated rings. The van der Waals surface area contributed by atoms with E-state index in [0.717, 1.165) is 0 Å². The lowest BCUT2D eigenvalue weighted by Gasteiger charge is -2.10. The number of hydrogen-bond acceptors (Lipinski definition) is 0. The normalized spacial score (nSPS) is 12.2. The molecule has 1 aromatic rings. The maximum absolute atomic E-state index is 2.80. The molecular formula is C11H15P. The Kier molecular flexibility index (Phi) is 3.05. The summed E-state index contributed by atoms with van der Waals surface area (Å²) in [5, 5.41) is 0.190. The molecule has 0 aliphatic rings. The third-order valence-corrected chi connectivity index (χ3v) is 1.70. The van der Waals surface area contributed by atoms with E-state index in [1.165, 1.54) is 5.56 Å². The maximum Gasteiger partial charge on any atom is -0.00259 e. The highest BCUT2D eigenvalue weighted by atomic mass is 31.0. The zero-order valence-corrected chi connectivity index (χ0v) is 8.77. The molecule has 64 valence electrons. The van der Waals surface area contributed by atoms with E-state index in [1.807, 2.05) is 6.07 Å². The summed E-state index contributed by atoms with van der Waals surface area (Å²) >= 11 is 0. The van der Waals surface area contributed by atoms with Gasteiger partial charge in [0.1, 0.15) is 0 Å². The van der Waals surface area contributed by atoms with Gasteiger partial charge in [-0.05, 0) is 10.7 Å². The fourth-order valence-electron chi connectivity index (χ4n) is 0.875. The predicted molar refractivity (Wildman–Crippen MR) is 59.3 cm³/mol. The van der Waals surface area contributed by atoms with E-state index in [4.69, 9.17) is 0 Å². The molecule has 1 unspecified atom stereocenters. The summed E-state index contributed by atoms with van der Waals surface area (Å²) in [5.41, 5.74) is 1.26. The highest BCUT2D eigenvalue weighted by Gasteiger charge is 2.02. The molecule has 0 saturated heterocycles. The number of rotatable bonds is 2. The molecule has 0 aliphatic heterocycles. The molecule has 0 aromatic heterocycles. The minimum absolute atomic E-state index is 0.190. The van der Waals surface area contributed by atoms with Crippen LogP contribution in [-0.2, 0) is 0 Å². The first-order valence-electron chi connectivity index (χ1n) is 4.11. The van der Waals surface area contributed by atoms with Crippen LogP contribution in [0.2, 0.25) is 0 Å². The third-order valence-electron chi connectivity index (χ3n) is 1.50. The topological polar surface area (TPSA) is 0 Å². The van der Waals surface area contributed by atoms with Crippen molar-refractivity contribution in [2.24, 2.45) is 0 Å². The number of hydrogen-bond donors (Lipinski definition) is 0. The van der Waals surface area contributed by atoms with Crippen LogP contribution in [0.15, 0.2) is 36.4 Å². The highest BCUT2D eigenvalue weighted by molar-refractivity contribution is 7.19. The molecule has 0 spiro atoms. The van der Waals surface area contributed by atoms with Gasteiger partial charge in [0.15, 0.2) is 0 Å². The smallest absolute Gasteiger partial charge is 0.00259 e. The second kappa shape index (κ2) is 3.87. The zero-order valence-electron chi connectivity index (χ0n) is 7.62. The zero-order chi connectivity index (χ0) is 9.03. The van der Waals surface area contributed by atoms with Crippen LogP contribution in [-0.4, -0.2) is 5.16 Å². The van der Waals surface area contributed by atoms with Gasteiger partial charge in [0, 0.05) is 0 Å². The summed E-state index contributed by atoms with van der Waals surface area (Å²) in [6, 6.07) is 10.3. The van der Waals surface area contributed by atoms with Crippen LogP contribution >= 0.6 is 9.24 Å². The molecule has 1 rings (SSSR count). The summed E-state index contributed by atoms with van der Waals surface area (Å²) in [7, 11) is 2.80. The van der Waals surface area contributed by atoms with Crippen LogP contribution in [0.5, 0.6) is 0 Å². The first-order valence-corrected chi connectivity index (χ1v) is 4.69. The minimum atomic E-state index is 0.190. The third kappa shape index (κ3) is 3.69. The van der Waals surface area contributed by atoms with Crippen molar-refractivity contribution in [1.82, 2.24) is 0 Å². The van der Waals surface area contributed by atoms with Crippen molar-refractivity contribution in [3.63, 3.8) is 0 Å². The first kappa shape index (κ1) is 9.48. The van der Waals surface area contributed by atoms with Crippen molar-refractivity contribution in [1.29, 1.82) is 0 Å². The van der Waals surface area contributed by atoms with Crippen LogP contribution in [0.25, 0.3) is 6.08 Å². The molecule has 0 amide bonds. The molecule has 0 N–H and O–H groups in total. The van der Waals surface area contributed by atoms with Crippen LogP contribution in [0.1, 0.15) is 19.4 Å². The van der Waals surface area contributed by atoms with Crippen molar-refractivity contribution in [3.05, 3.63) is 42.0 Å². The summed E-state index contributed by atoms with van der Waals surface area (Å²) in [6.45, 7) is 4.33. The fourth-order valence-corrected chi connectivity index (χ4v) is 0.971. The molecule has 0 heterocycles. The molecule has 0 radical (unpaired) electrons. The van der Waals surface area contributed by atoms with Gasteiger partial charge in [0.2, 0.25) is 0 Å². The van der Waals surface area contributed by atoms with Gasteiger partial charge in [-0.3, -0.25) is 0 Å². The molecule has 0 saturated carbocycles. The molecule has 0 nitrogen and oxygen atoms in total. The van der Waals surface area contributed by atoms with E-state index in [2.05, 4.69) is 59.5 Å². The van der Waals surface area contributed by atoms with E-state index in [1.54, 1.807) is 0 Å². The number of allylic oxidation sites excluding steroid dienone is 1. The van der Waals surface area contributed by atoms with Crippen LogP contribution in [0.3, 0.4) is 0 Å². The lowest BCUT2D eigenvalue weighted by Crippen LogP contribution is -2.02. The van der Waals surface area contributed by atoms with Gasteiger partial charge in [0.25, 0.3) is 0 Å². The largest absolute Gasteiger partial charge is 0.128 e. The summed E-state index contributed by atoms with van der Waals surface area (Å²) in [6.07, 6.45) is 4.33. The molecular weight excluding hydrogens is 163 g/mol. The molecule has 0 bridgehead atoms. The second-order valence-electron chi connectivity index (χ2n) is 3.57. The Labute approximate surface area is 76.9 Å². The van der Waals surface area contributed by atoms with Crippen molar-refractivity contribution in [2.45, 2.75) is 19.0 Å². The van der Waals surface area contributed by atoms with Crippen molar-refractivity contribution < 1.29 is 0 Å². The van der Waals surface area contributed by atoms with Gasteiger partial charge < -0.3 is 0 Å². The Balaban J connectivity index is 2.71. The van der Waals surface area contributed by atoms with E-state index < -0.39 is 0 Å². The lowest BCUT2D eigenvalue weighted by molar-refractivity contribution is 0.905. The average molecular weight is 178 g/mol. The Morgan fingerprint density at radius 3 is 2.25 bits per heavy atom. The Hall–Kier alpha value is -0.610. The Morgan fingerprint density at radius 2 is 1.75 bits per heavy atom. The SMILES string of the molecule is CC(C)(P)/C=C/c1ccccc1. The summed E-state index contributed by atoms with van der Waals surface area (Å²) < 4.78 is 0. The highest BCUT2D eigenvalue weighted by Crippen LogP contribution is 2.18. The lowest BCUT2D eigenvalue weighted by atomic mass is 10.1.